The van der Waals surface area contributed by atoms with Crippen molar-refractivity contribution in [1.82, 2.24) is 20.0 Å². The van der Waals surface area contributed by atoms with Crippen LogP contribution in [0.15, 0.2) is 60.7 Å². The highest BCUT2D eigenvalue weighted by molar-refractivity contribution is 5.98. The van der Waals surface area contributed by atoms with Crippen molar-refractivity contribution < 1.29 is 28.9 Å². The highest BCUT2D eigenvalue weighted by Gasteiger charge is 2.60. The summed E-state index contributed by atoms with van der Waals surface area (Å²) in [5, 5.41) is 20.4. The monoisotopic (exact) mass is 652 g/mol. The number of methoxy groups -OCH3 is 2. The van der Waals surface area contributed by atoms with E-state index in [1.807, 2.05) is 68.7 Å². The van der Waals surface area contributed by atoms with Crippen molar-refractivity contribution in [2.75, 3.05) is 41.5 Å². The molecule has 4 aliphatic carbocycles. The van der Waals surface area contributed by atoms with Crippen molar-refractivity contribution in [2.24, 2.45) is 23.7 Å². The van der Waals surface area contributed by atoms with E-state index in [4.69, 9.17) is 19.3 Å². The van der Waals surface area contributed by atoms with E-state index < -0.39 is 17.4 Å². The molecule has 4 fully saturated rings. The first kappa shape index (κ1) is 32.0. The minimum absolute atomic E-state index is 0.0926. The highest BCUT2D eigenvalue weighted by Crippen LogP contribution is 2.58. The van der Waals surface area contributed by atoms with Gasteiger partial charge in [-0.25, -0.2) is 4.68 Å². The Kier molecular flexibility index (Phi) is 8.53. The second-order valence-corrected chi connectivity index (χ2v) is 14.0. The summed E-state index contributed by atoms with van der Waals surface area (Å²) in [5.41, 5.74) is 1.44. The van der Waals surface area contributed by atoms with E-state index in [2.05, 4.69) is 10.2 Å². The van der Waals surface area contributed by atoms with Crippen LogP contribution in [0, 0.1) is 23.7 Å². The smallest absolute Gasteiger partial charge is 0.309 e. The SMILES string of the molecule is COc1cccc(OC)c1-c1cc(C(=O)NC23CC4CC(CC(C4)C2C(=O)O)C3)nn1-c1ccc(OCCCN(C)C)c2ccccc12. The zero-order chi connectivity index (χ0) is 33.6. The minimum atomic E-state index is -0.820. The second-order valence-electron chi connectivity index (χ2n) is 14.0. The second kappa shape index (κ2) is 12.8. The number of hydrogen-bond acceptors (Lipinski definition) is 7. The number of benzene rings is 3. The van der Waals surface area contributed by atoms with Crippen LogP contribution in [0.3, 0.4) is 0 Å². The number of aromatic nitrogens is 2. The first-order valence-corrected chi connectivity index (χ1v) is 16.9. The van der Waals surface area contributed by atoms with Crippen molar-refractivity contribution in [1.29, 1.82) is 0 Å². The van der Waals surface area contributed by atoms with E-state index in [0.29, 0.717) is 54.0 Å². The fourth-order valence-electron chi connectivity index (χ4n) is 9.03. The predicted octanol–water partition coefficient (Wildman–Crippen LogP) is 6.05. The van der Waals surface area contributed by atoms with Gasteiger partial charge in [-0.15, -0.1) is 0 Å². The number of nitrogens with zero attached hydrogens (tertiary/aromatic N) is 3. The summed E-state index contributed by atoms with van der Waals surface area (Å²) < 4.78 is 19.6. The van der Waals surface area contributed by atoms with Crippen molar-refractivity contribution in [2.45, 2.75) is 44.1 Å². The number of fused-ring (bicyclic) bond motifs is 1. The topological polar surface area (TPSA) is 115 Å². The fraction of sp³-hybridized carbons (Fsp3) is 0.447. The molecule has 48 heavy (non-hydrogen) atoms. The Morgan fingerprint density at radius 3 is 2.27 bits per heavy atom. The molecule has 10 nitrogen and oxygen atoms in total. The number of amides is 1. The van der Waals surface area contributed by atoms with Gasteiger partial charge in [-0.2, -0.15) is 5.10 Å². The maximum Gasteiger partial charge on any atom is 0.309 e. The molecule has 0 radical (unpaired) electrons. The van der Waals surface area contributed by atoms with Crippen LogP contribution in [0.1, 0.15) is 49.0 Å². The third kappa shape index (κ3) is 5.66. The minimum Gasteiger partial charge on any atom is -0.496 e. The number of carboxylic acids is 1. The molecule has 0 spiro atoms. The molecule has 4 aliphatic rings. The molecule has 1 heterocycles. The van der Waals surface area contributed by atoms with Gasteiger partial charge >= 0.3 is 5.97 Å². The molecule has 4 bridgehead atoms. The molecule has 0 aliphatic heterocycles. The van der Waals surface area contributed by atoms with Gasteiger partial charge in [0.25, 0.3) is 5.91 Å². The van der Waals surface area contributed by atoms with Gasteiger partial charge in [0.15, 0.2) is 5.69 Å². The predicted molar refractivity (Wildman–Crippen MR) is 183 cm³/mol. The van der Waals surface area contributed by atoms with Gasteiger partial charge in [0.1, 0.15) is 17.2 Å². The molecule has 3 atom stereocenters. The lowest BCUT2D eigenvalue weighted by Gasteiger charge is -2.59. The zero-order valence-corrected chi connectivity index (χ0v) is 28.1. The third-order valence-corrected chi connectivity index (χ3v) is 10.7. The van der Waals surface area contributed by atoms with Gasteiger partial charge in [0.2, 0.25) is 0 Å². The Morgan fingerprint density at radius 1 is 0.938 bits per heavy atom. The molecule has 1 aromatic heterocycles. The highest BCUT2D eigenvalue weighted by atomic mass is 16.5. The molecule has 8 rings (SSSR count). The molecule has 0 saturated heterocycles. The lowest BCUT2D eigenvalue weighted by atomic mass is 9.48. The van der Waals surface area contributed by atoms with E-state index in [0.717, 1.165) is 54.4 Å². The quantitative estimate of drug-likeness (QED) is 0.178. The summed E-state index contributed by atoms with van der Waals surface area (Å²) in [4.78, 5) is 29.1. The molecule has 2 N–H and O–H groups in total. The van der Waals surface area contributed by atoms with Crippen LogP contribution in [-0.2, 0) is 4.79 Å². The Morgan fingerprint density at radius 2 is 1.62 bits per heavy atom. The number of aliphatic carboxylic acids is 1. The number of ether oxygens (including phenoxy) is 3. The van der Waals surface area contributed by atoms with Gasteiger partial charge < -0.3 is 29.5 Å². The van der Waals surface area contributed by atoms with Crippen LogP contribution in [0.25, 0.3) is 27.7 Å². The molecule has 252 valence electrons. The Balaban J connectivity index is 1.32. The molecule has 4 aromatic rings. The van der Waals surface area contributed by atoms with Crippen LogP contribution in [0.4, 0.5) is 0 Å². The normalized spacial score (nSPS) is 24.2. The number of rotatable bonds is 12. The Bertz CT molecular complexity index is 1810. The lowest BCUT2D eigenvalue weighted by molar-refractivity contribution is -0.159. The average molecular weight is 653 g/mol. The van der Waals surface area contributed by atoms with Gasteiger partial charge in [-0.1, -0.05) is 30.3 Å². The Labute approximate surface area is 281 Å². The van der Waals surface area contributed by atoms with E-state index in [1.54, 1.807) is 25.0 Å². The van der Waals surface area contributed by atoms with Crippen LogP contribution in [0.5, 0.6) is 17.2 Å². The van der Waals surface area contributed by atoms with Crippen LogP contribution < -0.4 is 19.5 Å². The van der Waals surface area contributed by atoms with E-state index in [-0.39, 0.29) is 17.5 Å². The maximum atomic E-state index is 14.3. The summed E-state index contributed by atoms with van der Waals surface area (Å²) in [7, 11) is 7.29. The van der Waals surface area contributed by atoms with Crippen LogP contribution >= 0.6 is 0 Å². The number of hydrogen-bond donors (Lipinski definition) is 2. The number of nitrogens with one attached hydrogen (secondary N) is 1. The first-order chi connectivity index (χ1) is 23.2. The van der Waals surface area contributed by atoms with Gasteiger partial charge in [0.05, 0.1) is 49.2 Å². The van der Waals surface area contributed by atoms with Crippen LogP contribution in [-0.4, -0.2) is 78.7 Å². The standard InChI is InChI=1S/C38H44N4O6/c1-41(2)15-8-16-48-31-14-13-29(26-9-5-6-10-27(26)31)42-30(34-32(46-3)11-7-12-33(34)47-4)20-28(40-42)36(43)39-38-21-23-17-24(22-38)19-25(18-23)35(38)37(44)45/h5-7,9-14,20,23-25,35H,8,15-19,21-22H2,1-4H3,(H,39,43)(H,44,45). The number of carbonyl (C=O) groups excluding carboxylic acids is 1. The first-order valence-electron chi connectivity index (χ1n) is 16.9. The lowest BCUT2D eigenvalue weighted by Crippen LogP contribution is -2.67. The van der Waals surface area contributed by atoms with E-state index in [1.165, 1.54) is 0 Å². The molecule has 1 amide bonds. The van der Waals surface area contributed by atoms with Gasteiger partial charge in [-0.3, -0.25) is 9.59 Å². The molecule has 3 unspecified atom stereocenters. The molecule has 10 heteroatoms. The van der Waals surface area contributed by atoms with Gasteiger partial charge in [-0.05, 0) is 101 Å². The maximum absolute atomic E-state index is 14.3. The summed E-state index contributed by atoms with van der Waals surface area (Å²) >= 11 is 0. The number of carbonyl (C=O) groups is 2. The van der Waals surface area contributed by atoms with E-state index in [9.17, 15) is 14.7 Å². The molecule has 3 aromatic carbocycles. The van der Waals surface area contributed by atoms with Crippen molar-refractivity contribution in [3.8, 4) is 34.2 Å². The van der Waals surface area contributed by atoms with Crippen molar-refractivity contribution >= 4 is 22.6 Å². The largest absolute Gasteiger partial charge is 0.496 e. The summed E-state index contributed by atoms with van der Waals surface area (Å²) in [6.45, 7) is 1.51. The molecule has 4 saturated carbocycles. The van der Waals surface area contributed by atoms with Crippen molar-refractivity contribution in [3.63, 3.8) is 0 Å². The summed E-state index contributed by atoms with van der Waals surface area (Å²) in [5.74, 6) is 1.10. The van der Waals surface area contributed by atoms with Crippen molar-refractivity contribution in [3.05, 3.63) is 66.4 Å². The fourth-order valence-corrected chi connectivity index (χ4v) is 9.03. The summed E-state index contributed by atoms with van der Waals surface area (Å²) in [6, 6.07) is 19.2. The molecular formula is C38H44N4O6. The molecular weight excluding hydrogens is 608 g/mol. The zero-order valence-electron chi connectivity index (χ0n) is 28.1. The summed E-state index contributed by atoms with van der Waals surface area (Å²) in [6.07, 6.45) is 5.26. The number of carboxylic acid groups (broad SMARTS) is 1. The van der Waals surface area contributed by atoms with E-state index >= 15 is 0 Å². The van der Waals surface area contributed by atoms with Gasteiger partial charge in [0, 0.05) is 17.3 Å². The van der Waals surface area contributed by atoms with Crippen LogP contribution in [0.2, 0.25) is 0 Å². The average Bonchev–Trinajstić information content (AvgIpc) is 3.50. The Hall–Kier alpha value is -4.57. The third-order valence-electron chi connectivity index (χ3n) is 10.7.